The lowest BCUT2D eigenvalue weighted by Crippen LogP contribution is -2.42. The Hall–Kier alpha value is -4.72. The number of hydrogen-bond donors (Lipinski definition) is 4. The van der Waals surface area contributed by atoms with Crippen molar-refractivity contribution in [3.63, 3.8) is 0 Å². The number of amides is 3. The van der Waals surface area contributed by atoms with Crippen molar-refractivity contribution in [2.24, 2.45) is 0 Å². The molecule has 13 heteroatoms. The molecular weight excluding hydrogens is 641 g/mol. The molecule has 1 aromatic heterocycles. The monoisotopic (exact) mass is 676 g/mol. The van der Waals surface area contributed by atoms with Gasteiger partial charge in [-0.1, -0.05) is 42.5 Å². The Balaban J connectivity index is 1.22. The summed E-state index contributed by atoms with van der Waals surface area (Å²) in [7, 11) is -2.53. The first-order valence-corrected chi connectivity index (χ1v) is 17.4. The molecule has 1 aliphatic heterocycles. The Bertz CT molecular complexity index is 1860. The molecule has 0 spiro atoms. The zero-order chi connectivity index (χ0) is 33.6. The molecule has 0 radical (unpaired) electrons. The van der Waals surface area contributed by atoms with E-state index in [9.17, 15) is 27.9 Å². The molecule has 4 N–H and O–H groups in total. The van der Waals surface area contributed by atoms with Crippen LogP contribution in [0.5, 0.6) is 5.75 Å². The number of urea groups is 1. The summed E-state index contributed by atoms with van der Waals surface area (Å²) in [5.41, 5.74) is 3.48. The number of para-hydroxylation sites is 1. The van der Waals surface area contributed by atoms with Crippen molar-refractivity contribution >= 4 is 50.6 Å². The number of aliphatic carboxylic acids is 1. The molecule has 4 aromatic rings. The number of nitrogens with zero attached hydrogens (tertiary/aromatic N) is 1. The molecule has 0 aliphatic carbocycles. The number of methoxy groups -OCH3 is 1. The van der Waals surface area contributed by atoms with Gasteiger partial charge in [0.05, 0.1) is 30.2 Å². The first-order chi connectivity index (χ1) is 22.5. The molecule has 11 nitrogen and oxygen atoms in total. The summed E-state index contributed by atoms with van der Waals surface area (Å²) in [5.74, 6) is -0.924. The highest BCUT2D eigenvalue weighted by atomic mass is 32.2. The fourth-order valence-corrected chi connectivity index (χ4v) is 7.80. The van der Waals surface area contributed by atoms with Crippen LogP contribution in [0.15, 0.2) is 89.1 Å². The topological polar surface area (TPSA) is 154 Å². The Kier molecular flexibility index (Phi) is 10.6. The summed E-state index contributed by atoms with van der Waals surface area (Å²) in [6.07, 6.45) is 1.67. The number of sulfonamides is 1. The summed E-state index contributed by atoms with van der Waals surface area (Å²) >= 11 is 1.43. The third-order valence-corrected chi connectivity index (χ3v) is 10.5. The van der Waals surface area contributed by atoms with Crippen molar-refractivity contribution < 1.29 is 32.6 Å². The molecule has 0 saturated carbocycles. The summed E-state index contributed by atoms with van der Waals surface area (Å²) in [6.45, 7) is 2.49. The number of thiophene rings is 1. The number of nitrogens with one attached hydrogen (secondary N) is 3. The van der Waals surface area contributed by atoms with Gasteiger partial charge in [-0.25, -0.2) is 13.2 Å². The van der Waals surface area contributed by atoms with E-state index in [4.69, 9.17) is 4.74 Å². The number of carbonyl (C=O) groups excluding carboxylic acids is 2. The Labute approximate surface area is 277 Å². The lowest BCUT2D eigenvalue weighted by molar-refractivity contribution is -0.139. The van der Waals surface area contributed by atoms with E-state index in [1.165, 1.54) is 30.6 Å². The number of carboxylic acids is 1. The molecule has 3 aromatic carbocycles. The first kappa shape index (κ1) is 33.6. The number of anilines is 2. The molecule has 47 heavy (non-hydrogen) atoms. The van der Waals surface area contributed by atoms with E-state index in [-0.39, 0.29) is 29.7 Å². The summed E-state index contributed by atoms with van der Waals surface area (Å²) in [4.78, 5) is 40.9. The highest BCUT2D eigenvalue weighted by molar-refractivity contribution is 7.89. The summed E-state index contributed by atoms with van der Waals surface area (Å²) in [6, 6.07) is 20.2. The number of carboxylic acid groups (broad SMARTS) is 1. The van der Waals surface area contributed by atoms with E-state index in [1.807, 2.05) is 47.5 Å². The Morgan fingerprint density at radius 3 is 2.43 bits per heavy atom. The first-order valence-electron chi connectivity index (χ1n) is 15.0. The van der Waals surface area contributed by atoms with Gasteiger partial charge < -0.3 is 25.4 Å². The van der Waals surface area contributed by atoms with Crippen LogP contribution in [-0.4, -0.2) is 56.0 Å². The second kappa shape index (κ2) is 14.8. The summed E-state index contributed by atoms with van der Waals surface area (Å²) < 4.78 is 33.3. The van der Waals surface area contributed by atoms with Crippen molar-refractivity contribution in [3.05, 3.63) is 106 Å². The van der Waals surface area contributed by atoms with Crippen LogP contribution in [0.3, 0.4) is 0 Å². The van der Waals surface area contributed by atoms with Crippen molar-refractivity contribution in [1.29, 1.82) is 0 Å². The van der Waals surface area contributed by atoms with Crippen molar-refractivity contribution in [2.75, 3.05) is 24.3 Å². The Morgan fingerprint density at radius 2 is 1.70 bits per heavy atom. The van der Waals surface area contributed by atoms with E-state index in [0.29, 0.717) is 29.2 Å². The quantitative estimate of drug-likeness (QED) is 0.153. The number of benzene rings is 3. The van der Waals surface area contributed by atoms with Gasteiger partial charge in [-0.2, -0.15) is 4.72 Å². The molecule has 1 fully saturated rings. The zero-order valence-corrected chi connectivity index (χ0v) is 27.6. The SMILES string of the molecule is COc1cc(CC(=O)N2CCCC2c2cc(CC(NS(=O)(=O)c3ccccc3)C(=O)O)cs2)ccc1NC(=O)Nc1ccccc1C. The molecule has 2 atom stereocenters. The number of ether oxygens (including phenoxy) is 1. The van der Waals surface area contributed by atoms with E-state index in [0.717, 1.165) is 28.8 Å². The summed E-state index contributed by atoms with van der Waals surface area (Å²) in [5, 5.41) is 17.2. The van der Waals surface area contributed by atoms with Crippen LogP contribution >= 0.6 is 11.3 Å². The van der Waals surface area contributed by atoms with E-state index >= 15 is 0 Å². The van der Waals surface area contributed by atoms with Crippen molar-refractivity contribution in [1.82, 2.24) is 9.62 Å². The van der Waals surface area contributed by atoms with Gasteiger partial charge in [0.15, 0.2) is 0 Å². The van der Waals surface area contributed by atoms with Crippen LogP contribution in [0, 0.1) is 6.92 Å². The second-order valence-electron chi connectivity index (χ2n) is 11.2. The molecule has 246 valence electrons. The number of aryl methyl sites for hydroxylation is 1. The maximum absolute atomic E-state index is 13.5. The second-order valence-corrected chi connectivity index (χ2v) is 13.9. The Morgan fingerprint density at radius 1 is 0.979 bits per heavy atom. The minimum atomic E-state index is -4.02. The fourth-order valence-electron chi connectivity index (χ4n) is 5.52. The fraction of sp³-hybridized carbons (Fsp3) is 0.265. The van der Waals surface area contributed by atoms with Crippen LogP contribution in [0.2, 0.25) is 0 Å². The number of rotatable bonds is 12. The van der Waals surface area contributed by atoms with Crippen LogP contribution < -0.4 is 20.1 Å². The molecule has 5 rings (SSSR count). The highest BCUT2D eigenvalue weighted by Gasteiger charge is 2.32. The molecule has 3 amide bonds. The van der Waals surface area contributed by atoms with Crippen LogP contribution in [-0.2, 0) is 32.5 Å². The average Bonchev–Trinajstić information content (AvgIpc) is 3.73. The zero-order valence-electron chi connectivity index (χ0n) is 25.9. The molecule has 0 bridgehead atoms. The third kappa shape index (κ3) is 8.36. The minimum absolute atomic E-state index is 0.00971. The predicted molar refractivity (Wildman–Crippen MR) is 180 cm³/mol. The lowest BCUT2D eigenvalue weighted by atomic mass is 10.1. The number of likely N-dealkylation sites (tertiary alicyclic amines) is 1. The van der Waals surface area contributed by atoms with Gasteiger partial charge >= 0.3 is 12.0 Å². The minimum Gasteiger partial charge on any atom is -0.495 e. The van der Waals surface area contributed by atoms with Gasteiger partial charge in [0.1, 0.15) is 11.8 Å². The van der Waals surface area contributed by atoms with Crippen LogP contribution in [0.25, 0.3) is 0 Å². The maximum atomic E-state index is 13.5. The van der Waals surface area contributed by atoms with Gasteiger partial charge in [-0.05, 0) is 78.2 Å². The van der Waals surface area contributed by atoms with Crippen molar-refractivity contribution in [2.45, 2.75) is 49.6 Å². The van der Waals surface area contributed by atoms with Gasteiger partial charge in [0, 0.05) is 23.5 Å². The molecule has 2 unspecified atom stereocenters. The molecule has 1 aliphatic rings. The largest absolute Gasteiger partial charge is 0.495 e. The molecule has 2 heterocycles. The highest BCUT2D eigenvalue weighted by Crippen LogP contribution is 2.37. The van der Waals surface area contributed by atoms with E-state index < -0.39 is 28.1 Å². The van der Waals surface area contributed by atoms with Gasteiger partial charge in [0.2, 0.25) is 15.9 Å². The maximum Gasteiger partial charge on any atom is 0.323 e. The van der Waals surface area contributed by atoms with Crippen molar-refractivity contribution in [3.8, 4) is 5.75 Å². The number of carbonyl (C=O) groups is 3. The predicted octanol–water partition coefficient (Wildman–Crippen LogP) is 5.59. The normalized spacial score (nSPS) is 15.2. The standard InChI is InChI=1S/C34H36N4O7S2/c1-22-9-6-7-12-26(22)35-34(42)36-27-15-14-23(18-30(27)45-2)20-32(39)38-16-8-13-29(38)31-19-24(21-46-31)17-28(33(40)41)37-47(43,44)25-10-4-3-5-11-25/h3-7,9-12,14-15,18-19,21,28-29,37H,8,13,16-17,20H2,1-2H3,(H,40,41)(H2,35,36,42). The van der Waals surface area contributed by atoms with Gasteiger partial charge in [0.25, 0.3) is 0 Å². The smallest absolute Gasteiger partial charge is 0.323 e. The lowest BCUT2D eigenvalue weighted by Gasteiger charge is -2.24. The number of hydrogen-bond acceptors (Lipinski definition) is 7. The van der Waals surface area contributed by atoms with E-state index in [2.05, 4.69) is 15.4 Å². The van der Waals surface area contributed by atoms with Gasteiger partial charge in [-0.15, -0.1) is 11.3 Å². The average molecular weight is 677 g/mol. The molecule has 1 saturated heterocycles. The molecular formula is C34H36N4O7S2. The van der Waals surface area contributed by atoms with E-state index in [1.54, 1.807) is 36.4 Å². The van der Waals surface area contributed by atoms with Crippen LogP contribution in [0.4, 0.5) is 16.2 Å². The van der Waals surface area contributed by atoms with Crippen LogP contribution in [0.1, 0.15) is 40.5 Å². The van der Waals surface area contributed by atoms with Gasteiger partial charge in [-0.3, -0.25) is 9.59 Å². The third-order valence-electron chi connectivity index (χ3n) is 7.93.